The van der Waals surface area contributed by atoms with E-state index in [-0.39, 0.29) is 69.3 Å². The molecule has 0 radical (unpaired) electrons. The van der Waals surface area contributed by atoms with Gasteiger partial charge in [-0.2, -0.15) is 0 Å². The summed E-state index contributed by atoms with van der Waals surface area (Å²) in [6.45, 7) is 0. The third-order valence-electron chi connectivity index (χ3n) is 0. The van der Waals surface area contributed by atoms with Crippen molar-refractivity contribution >= 4 is 54.3 Å². The van der Waals surface area contributed by atoms with Crippen LogP contribution in [0.5, 0.6) is 0 Å². The summed E-state index contributed by atoms with van der Waals surface area (Å²) in [5.41, 5.74) is 0. The van der Waals surface area contributed by atoms with Gasteiger partial charge in [-0.05, 0) is 0 Å². The zero-order valence-electron chi connectivity index (χ0n) is 4.72. The fraction of sp³-hybridized carbons (Fsp3) is 0. The first kappa shape index (κ1) is 29.8. The molecule has 0 heterocycles. The Kier molecular flexibility index (Phi) is 60.8. The Balaban J connectivity index is -0.0000000171. The molecule has 60 valence electrons. The molecule has 0 aliphatic heterocycles. The summed E-state index contributed by atoms with van der Waals surface area (Å²) >= 11 is 0. The van der Waals surface area contributed by atoms with Crippen LogP contribution in [0.25, 0.3) is 0 Å². The Morgan fingerprint density at radius 1 is 0.818 bits per heavy atom. The summed E-state index contributed by atoms with van der Waals surface area (Å²) < 4.78 is 0. The van der Waals surface area contributed by atoms with Crippen LogP contribution in [0.2, 0.25) is 0 Å². The molecule has 0 fully saturated rings. The van der Waals surface area contributed by atoms with E-state index in [1.54, 1.807) is 0 Å². The minimum absolute atomic E-state index is 0. The zero-order valence-corrected chi connectivity index (χ0v) is 9.57. The van der Waals surface area contributed by atoms with Crippen LogP contribution in [-0.4, -0.2) is 62.3 Å². The topological polar surface area (TPSA) is 115 Å². The second kappa shape index (κ2) is 22.4. The van der Waals surface area contributed by atoms with Crippen LogP contribution in [0.1, 0.15) is 0 Å². The molecule has 0 amide bonds. The van der Waals surface area contributed by atoms with Crippen molar-refractivity contribution in [3.05, 3.63) is 0 Å². The maximum atomic E-state index is 8.56. The van der Waals surface area contributed by atoms with Crippen molar-refractivity contribution in [2.45, 2.75) is 0 Å². The molecule has 0 aromatic heterocycles. The Hall–Kier alpha value is 0.752. The number of hydrogen-bond acceptors (Lipinski definition) is 2. The molecule has 0 aliphatic rings. The van der Waals surface area contributed by atoms with Crippen LogP contribution in [0.4, 0.5) is 9.59 Å². The van der Waals surface area contributed by atoms with Gasteiger partial charge in [-0.3, -0.25) is 0 Å². The van der Waals surface area contributed by atoms with Crippen LogP contribution in [0.3, 0.4) is 0 Å². The van der Waals surface area contributed by atoms with E-state index in [0.717, 1.165) is 0 Å². The first-order valence-corrected chi connectivity index (χ1v) is 1.30. The Labute approximate surface area is 110 Å². The molecular formula is C2H6CdClNaO6. The Bertz CT molecular complexity index is 78.6. The van der Waals surface area contributed by atoms with E-state index in [1.165, 1.54) is 0 Å². The second-order valence-corrected chi connectivity index (χ2v) is 0.565. The Morgan fingerprint density at radius 3 is 0.818 bits per heavy atom. The molecule has 11 heavy (non-hydrogen) atoms. The zero-order chi connectivity index (χ0) is 7.15. The van der Waals surface area contributed by atoms with Gasteiger partial charge in [-0.15, -0.1) is 12.4 Å². The fourth-order valence-corrected chi connectivity index (χ4v) is 0. The van der Waals surface area contributed by atoms with Gasteiger partial charge in [0.25, 0.3) is 0 Å². The van der Waals surface area contributed by atoms with Crippen molar-refractivity contribution in [1.82, 2.24) is 0 Å². The van der Waals surface area contributed by atoms with Gasteiger partial charge >= 0.3 is 41.9 Å². The average molecular weight is 297 g/mol. The van der Waals surface area contributed by atoms with Gasteiger partial charge in [0.2, 0.25) is 0 Å². The molecule has 6 nitrogen and oxygen atoms in total. The van der Waals surface area contributed by atoms with E-state index in [9.17, 15) is 0 Å². The van der Waals surface area contributed by atoms with Gasteiger partial charge in [-0.25, -0.2) is 9.59 Å². The van der Waals surface area contributed by atoms with Gasteiger partial charge in [0.05, 0.1) is 0 Å². The standard InChI is InChI=1S/2CH2O3.Cd.ClH.Na.H/c2*2-1(3)4;;;;/h2*(H2,2,3,4);;1H;;. The molecule has 9 heteroatoms. The SMILES string of the molecule is Cl.O=C(O)O.O=C(O)O.[Cd].[NaH]. The number of carboxylic acid groups (broad SMARTS) is 4. The fourth-order valence-electron chi connectivity index (χ4n) is 0. The predicted molar refractivity (Wildman–Crippen MR) is 35.7 cm³/mol. The van der Waals surface area contributed by atoms with Crippen LogP contribution >= 0.6 is 12.4 Å². The first-order valence-electron chi connectivity index (χ1n) is 1.30. The van der Waals surface area contributed by atoms with Crippen LogP contribution in [-0.2, 0) is 27.3 Å². The van der Waals surface area contributed by atoms with Gasteiger partial charge in [0.1, 0.15) is 0 Å². The van der Waals surface area contributed by atoms with E-state index in [2.05, 4.69) is 0 Å². The van der Waals surface area contributed by atoms with Gasteiger partial charge in [0.15, 0.2) is 0 Å². The summed E-state index contributed by atoms with van der Waals surface area (Å²) in [6, 6.07) is 0. The summed E-state index contributed by atoms with van der Waals surface area (Å²) in [5, 5.41) is 27.9. The molecule has 0 bridgehead atoms. The van der Waals surface area contributed by atoms with E-state index >= 15 is 0 Å². The van der Waals surface area contributed by atoms with Crippen LogP contribution in [0.15, 0.2) is 0 Å². The molecule has 0 atom stereocenters. The third kappa shape index (κ3) is 1460. The molecule has 0 aromatic carbocycles. The Morgan fingerprint density at radius 2 is 0.818 bits per heavy atom. The number of carbonyl (C=O) groups is 2. The van der Waals surface area contributed by atoms with Gasteiger partial charge in [-0.1, -0.05) is 0 Å². The van der Waals surface area contributed by atoms with E-state index in [0.29, 0.717) is 0 Å². The summed E-state index contributed by atoms with van der Waals surface area (Å²) in [7, 11) is 0. The minimum atomic E-state index is -1.83. The van der Waals surface area contributed by atoms with E-state index in [4.69, 9.17) is 30.0 Å². The van der Waals surface area contributed by atoms with E-state index in [1.807, 2.05) is 0 Å². The third-order valence-corrected chi connectivity index (χ3v) is 0. The molecule has 0 unspecified atom stereocenters. The first-order chi connectivity index (χ1) is 3.46. The quantitative estimate of drug-likeness (QED) is 0.475. The monoisotopic (exact) mass is 298 g/mol. The van der Waals surface area contributed by atoms with Crippen molar-refractivity contribution in [1.29, 1.82) is 0 Å². The number of halogens is 1. The summed E-state index contributed by atoms with van der Waals surface area (Å²) in [6.07, 6.45) is -3.67. The number of rotatable bonds is 0. The molecule has 0 aliphatic carbocycles. The van der Waals surface area contributed by atoms with Crippen molar-refractivity contribution in [3.63, 3.8) is 0 Å². The molecule has 0 rings (SSSR count). The van der Waals surface area contributed by atoms with Crippen molar-refractivity contribution in [2.75, 3.05) is 0 Å². The van der Waals surface area contributed by atoms with Crippen LogP contribution < -0.4 is 0 Å². The summed E-state index contributed by atoms with van der Waals surface area (Å²) in [5.74, 6) is 0. The maximum absolute atomic E-state index is 8.56. The molecule has 0 spiro atoms. The van der Waals surface area contributed by atoms with Crippen LogP contribution in [0, 0.1) is 0 Å². The molecule has 0 saturated carbocycles. The van der Waals surface area contributed by atoms with Gasteiger partial charge < -0.3 is 20.4 Å². The van der Waals surface area contributed by atoms with Crippen molar-refractivity contribution in [2.24, 2.45) is 0 Å². The number of hydrogen-bond donors (Lipinski definition) is 4. The van der Waals surface area contributed by atoms with Gasteiger partial charge in [0, 0.05) is 27.3 Å². The molecule has 0 aromatic rings. The molecule has 4 N–H and O–H groups in total. The normalized spacial score (nSPS) is 4.36. The van der Waals surface area contributed by atoms with E-state index < -0.39 is 12.3 Å². The second-order valence-electron chi connectivity index (χ2n) is 0.565. The molecule has 0 saturated heterocycles. The molecular weight excluding hydrogens is 291 g/mol. The predicted octanol–water partition coefficient (Wildman–Crippen LogP) is 0.216. The van der Waals surface area contributed by atoms with Crippen molar-refractivity contribution < 1.29 is 57.3 Å². The summed E-state index contributed by atoms with van der Waals surface area (Å²) in [4.78, 5) is 17.1. The van der Waals surface area contributed by atoms with Crippen molar-refractivity contribution in [3.8, 4) is 0 Å². The average Bonchev–Trinajstić information content (AvgIpc) is 1.25.